The fourth-order valence-electron chi connectivity index (χ4n) is 0.819. The number of rotatable bonds is 6. The Bertz CT molecular complexity index is 283. The zero-order chi connectivity index (χ0) is 9.90. The molecule has 13 heavy (non-hydrogen) atoms. The molecule has 76 valence electrons. The van der Waals surface area contributed by atoms with Crippen LogP contribution < -0.4 is 10.6 Å². The molecule has 0 saturated heterocycles. The van der Waals surface area contributed by atoms with Gasteiger partial charge in [-0.15, -0.1) is 0 Å². The molecule has 1 amide bonds. The largest absolute Gasteiger partial charge is 0.368 e. The molecule has 6 nitrogen and oxygen atoms in total. The molecule has 0 aliphatic heterocycles. The Morgan fingerprint density at radius 1 is 1.54 bits per heavy atom. The Labute approximate surface area is 76.4 Å². The fourth-order valence-corrected chi connectivity index (χ4v) is 2.08. The number of carbonyl (C=O) groups excluding carboxylic acids is 1. The standard InChI is InChI=1S/C6H12N2O4S/c7-6(9)3-12-8-13(10,11)4-5-1-2-5/h5,8H,1-4H2,(H2,7,9). The fraction of sp³-hybridized carbons (Fsp3) is 0.833. The number of carbonyl (C=O) groups is 1. The normalized spacial score (nSPS) is 17.2. The van der Waals surface area contributed by atoms with Gasteiger partial charge in [0.15, 0.2) is 0 Å². The van der Waals surface area contributed by atoms with Crippen molar-refractivity contribution in [1.29, 1.82) is 0 Å². The van der Waals surface area contributed by atoms with Crippen molar-refractivity contribution >= 4 is 15.9 Å². The monoisotopic (exact) mass is 208 g/mol. The summed E-state index contributed by atoms with van der Waals surface area (Å²) >= 11 is 0. The minimum Gasteiger partial charge on any atom is -0.368 e. The average molecular weight is 208 g/mol. The molecule has 0 radical (unpaired) electrons. The molecule has 7 heteroatoms. The second kappa shape index (κ2) is 4.03. The first-order valence-electron chi connectivity index (χ1n) is 3.89. The first-order valence-corrected chi connectivity index (χ1v) is 5.54. The van der Waals surface area contributed by atoms with Crippen molar-refractivity contribution in [2.24, 2.45) is 11.7 Å². The summed E-state index contributed by atoms with van der Waals surface area (Å²) in [6.45, 7) is -0.441. The Morgan fingerprint density at radius 3 is 2.62 bits per heavy atom. The summed E-state index contributed by atoms with van der Waals surface area (Å²) in [7, 11) is -3.39. The van der Waals surface area contributed by atoms with Gasteiger partial charge in [-0.2, -0.15) is 0 Å². The molecular weight excluding hydrogens is 196 g/mol. The summed E-state index contributed by atoms with van der Waals surface area (Å²) in [4.78, 5) is 16.4. The zero-order valence-corrected chi connectivity index (χ0v) is 7.84. The van der Waals surface area contributed by atoms with Crippen LogP contribution in [-0.2, 0) is 19.7 Å². The Kier molecular flexibility index (Phi) is 3.23. The number of hydrogen-bond acceptors (Lipinski definition) is 4. The number of nitrogens with two attached hydrogens (primary N) is 1. The van der Waals surface area contributed by atoms with Gasteiger partial charge in [0.25, 0.3) is 0 Å². The van der Waals surface area contributed by atoms with Crippen molar-refractivity contribution in [3.05, 3.63) is 0 Å². The van der Waals surface area contributed by atoms with E-state index in [0.717, 1.165) is 12.8 Å². The summed E-state index contributed by atoms with van der Waals surface area (Å²) < 4.78 is 22.1. The van der Waals surface area contributed by atoms with E-state index >= 15 is 0 Å². The first kappa shape index (κ1) is 10.4. The van der Waals surface area contributed by atoms with Crippen molar-refractivity contribution in [3.8, 4) is 0 Å². The third-order valence-electron chi connectivity index (χ3n) is 1.55. The minimum absolute atomic E-state index is 0.0613. The highest BCUT2D eigenvalue weighted by atomic mass is 32.2. The quantitative estimate of drug-likeness (QED) is 0.532. The van der Waals surface area contributed by atoms with Gasteiger partial charge in [-0.05, 0) is 18.8 Å². The van der Waals surface area contributed by atoms with Crippen LogP contribution in [-0.4, -0.2) is 26.7 Å². The van der Waals surface area contributed by atoms with E-state index in [1.807, 2.05) is 4.89 Å². The number of nitrogens with one attached hydrogen (secondary N) is 1. The van der Waals surface area contributed by atoms with Crippen LogP contribution >= 0.6 is 0 Å². The molecule has 0 unspecified atom stereocenters. The van der Waals surface area contributed by atoms with Crippen molar-refractivity contribution in [3.63, 3.8) is 0 Å². The Hall–Kier alpha value is -0.660. The topological polar surface area (TPSA) is 98.5 Å². The van der Waals surface area contributed by atoms with Crippen molar-refractivity contribution in [2.45, 2.75) is 12.8 Å². The highest BCUT2D eigenvalue weighted by molar-refractivity contribution is 7.89. The van der Waals surface area contributed by atoms with E-state index in [1.165, 1.54) is 0 Å². The molecule has 0 bridgehead atoms. The summed E-state index contributed by atoms with van der Waals surface area (Å²) in [6.07, 6.45) is 1.88. The van der Waals surface area contributed by atoms with Gasteiger partial charge in [0.05, 0.1) is 5.75 Å². The van der Waals surface area contributed by atoms with Crippen molar-refractivity contribution in [1.82, 2.24) is 4.89 Å². The molecule has 0 aromatic rings. The number of amides is 1. The summed E-state index contributed by atoms with van der Waals surface area (Å²) in [5, 5.41) is 0. The summed E-state index contributed by atoms with van der Waals surface area (Å²) in [6, 6.07) is 0. The molecule has 3 N–H and O–H groups in total. The second-order valence-electron chi connectivity index (χ2n) is 3.06. The molecule has 0 spiro atoms. The average Bonchev–Trinajstić information content (AvgIpc) is 2.68. The number of sulfonamides is 1. The van der Waals surface area contributed by atoms with Gasteiger partial charge >= 0.3 is 0 Å². The highest BCUT2D eigenvalue weighted by Crippen LogP contribution is 2.29. The van der Waals surface area contributed by atoms with Crippen LogP contribution in [0.5, 0.6) is 0 Å². The van der Waals surface area contributed by atoms with Crippen LogP contribution in [0.15, 0.2) is 0 Å². The van der Waals surface area contributed by atoms with Crippen LogP contribution in [0, 0.1) is 5.92 Å². The molecule has 1 fully saturated rings. The maximum Gasteiger partial charge on any atom is 0.245 e. The van der Waals surface area contributed by atoms with Crippen LogP contribution in [0.2, 0.25) is 0 Å². The van der Waals surface area contributed by atoms with E-state index in [0.29, 0.717) is 0 Å². The maximum atomic E-state index is 11.1. The van der Waals surface area contributed by atoms with Crippen molar-refractivity contribution in [2.75, 3.05) is 12.4 Å². The van der Waals surface area contributed by atoms with Gasteiger partial charge in [0.2, 0.25) is 15.9 Å². The SMILES string of the molecule is NC(=O)CONS(=O)(=O)CC1CC1. The number of primary amides is 1. The Morgan fingerprint density at radius 2 is 2.15 bits per heavy atom. The predicted octanol–water partition coefficient (Wildman–Crippen LogP) is -1.27. The third kappa shape index (κ3) is 4.81. The van der Waals surface area contributed by atoms with E-state index in [-0.39, 0.29) is 11.7 Å². The van der Waals surface area contributed by atoms with E-state index in [1.54, 1.807) is 0 Å². The molecule has 0 heterocycles. The predicted molar refractivity (Wildman–Crippen MR) is 44.8 cm³/mol. The van der Waals surface area contributed by atoms with E-state index in [4.69, 9.17) is 5.73 Å². The van der Waals surface area contributed by atoms with Crippen LogP contribution in [0.3, 0.4) is 0 Å². The first-order chi connectivity index (χ1) is 5.99. The van der Waals surface area contributed by atoms with Crippen molar-refractivity contribution < 1.29 is 18.0 Å². The lowest BCUT2D eigenvalue weighted by Crippen LogP contribution is -2.31. The van der Waals surface area contributed by atoms with E-state index in [2.05, 4.69) is 4.84 Å². The maximum absolute atomic E-state index is 11.1. The van der Waals surface area contributed by atoms with Crippen LogP contribution in [0.4, 0.5) is 0 Å². The lowest BCUT2D eigenvalue weighted by Gasteiger charge is -2.03. The van der Waals surface area contributed by atoms with Gasteiger partial charge in [-0.3, -0.25) is 9.63 Å². The molecule has 0 aromatic heterocycles. The molecular formula is C6H12N2O4S. The summed E-state index contributed by atoms with van der Waals surface area (Å²) in [5.74, 6) is -0.407. The third-order valence-corrected chi connectivity index (χ3v) is 2.83. The smallest absolute Gasteiger partial charge is 0.245 e. The van der Waals surface area contributed by atoms with Crippen LogP contribution in [0.1, 0.15) is 12.8 Å². The lowest BCUT2D eigenvalue weighted by molar-refractivity contribution is -0.123. The highest BCUT2D eigenvalue weighted by Gasteiger charge is 2.28. The molecule has 0 aromatic carbocycles. The number of hydrogen-bond donors (Lipinski definition) is 2. The van der Waals surface area contributed by atoms with Gasteiger partial charge in [-0.1, -0.05) is 4.89 Å². The van der Waals surface area contributed by atoms with Gasteiger partial charge in [-0.25, -0.2) is 8.42 Å². The molecule has 1 saturated carbocycles. The molecule has 1 aliphatic rings. The van der Waals surface area contributed by atoms with E-state index < -0.39 is 22.5 Å². The minimum atomic E-state index is -3.39. The molecule has 1 rings (SSSR count). The Balaban J connectivity index is 2.21. The van der Waals surface area contributed by atoms with Crippen LogP contribution in [0.25, 0.3) is 0 Å². The molecule has 0 atom stereocenters. The van der Waals surface area contributed by atoms with Gasteiger partial charge < -0.3 is 5.73 Å². The van der Waals surface area contributed by atoms with E-state index in [9.17, 15) is 13.2 Å². The molecule has 1 aliphatic carbocycles. The lowest BCUT2D eigenvalue weighted by atomic mass is 10.5. The summed E-state index contributed by atoms with van der Waals surface area (Å²) in [5.41, 5.74) is 4.74. The second-order valence-corrected chi connectivity index (χ2v) is 4.79. The van der Waals surface area contributed by atoms with Gasteiger partial charge in [0.1, 0.15) is 6.61 Å². The van der Waals surface area contributed by atoms with Gasteiger partial charge in [0, 0.05) is 0 Å². The zero-order valence-electron chi connectivity index (χ0n) is 7.02.